The number of nitrogens with one attached hydrogen (secondary N) is 1. The van der Waals surface area contributed by atoms with Crippen LogP contribution in [0.5, 0.6) is 5.75 Å². The van der Waals surface area contributed by atoms with Gasteiger partial charge in [0.2, 0.25) is 0 Å². The molecular formula is C25H31N4O3S+. The van der Waals surface area contributed by atoms with Crippen LogP contribution in [0.4, 0.5) is 0 Å². The fraction of sp³-hybridized carbons (Fsp3) is 0.440. The van der Waals surface area contributed by atoms with Crippen molar-refractivity contribution in [2.24, 2.45) is 7.05 Å². The number of benzene rings is 2. The van der Waals surface area contributed by atoms with Gasteiger partial charge in [0, 0.05) is 39.0 Å². The third kappa shape index (κ3) is 4.60. The molecule has 8 heteroatoms. The number of ether oxygens (including phenoxy) is 2. The van der Waals surface area contributed by atoms with E-state index in [0.717, 1.165) is 30.4 Å². The standard InChI is InChI=1S/C25H30N4O3S/c1-27-10-9-26-25(27)33-19-15-22(24(30)28-11-13-32-14-12-28)29(16-19)17-21-20-6-4-3-5-18(20)7-8-23(21)31-2/h3-10,19,22H,11-17H2,1-2H3/p+1. The number of rotatable bonds is 6. The zero-order valence-electron chi connectivity index (χ0n) is 19.2. The maximum absolute atomic E-state index is 13.6. The molecule has 3 atom stereocenters. The van der Waals surface area contributed by atoms with Gasteiger partial charge in [0.05, 0.1) is 37.7 Å². The van der Waals surface area contributed by atoms with Crippen molar-refractivity contribution in [2.45, 2.75) is 29.4 Å². The number of carbonyl (C=O) groups excluding carboxylic acids is 1. The van der Waals surface area contributed by atoms with Gasteiger partial charge in [-0.15, -0.1) is 0 Å². The van der Waals surface area contributed by atoms with Gasteiger partial charge >= 0.3 is 0 Å². The van der Waals surface area contributed by atoms with Crippen molar-refractivity contribution in [1.82, 2.24) is 14.5 Å². The first kappa shape index (κ1) is 22.3. The van der Waals surface area contributed by atoms with Crippen LogP contribution >= 0.6 is 11.8 Å². The van der Waals surface area contributed by atoms with Crippen molar-refractivity contribution in [2.75, 3.05) is 40.0 Å². The van der Waals surface area contributed by atoms with E-state index >= 15 is 0 Å². The third-order valence-electron chi connectivity index (χ3n) is 6.77. The van der Waals surface area contributed by atoms with E-state index in [-0.39, 0.29) is 11.9 Å². The van der Waals surface area contributed by atoms with Crippen molar-refractivity contribution in [3.05, 3.63) is 54.4 Å². The minimum absolute atomic E-state index is 0.0791. The summed E-state index contributed by atoms with van der Waals surface area (Å²) < 4.78 is 13.3. The smallest absolute Gasteiger partial charge is 0.281 e. The Labute approximate surface area is 198 Å². The maximum atomic E-state index is 13.6. The number of hydrogen-bond acceptors (Lipinski definition) is 5. The number of aryl methyl sites for hydroxylation is 1. The van der Waals surface area contributed by atoms with Crippen LogP contribution < -0.4 is 9.64 Å². The molecule has 3 aromatic rings. The molecule has 2 saturated heterocycles. The monoisotopic (exact) mass is 467 g/mol. The van der Waals surface area contributed by atoms with E-state index < -0.39 is 0 Å². The lowest BCUT2D eigenvalue weighted by atomic mass is 10.0. The van der Waals surface area contributed by atoms with Crippen LogP contribution in [0.15, 0.2) is 53.9 Å². The van der Waals surface area contributed by atoms with Gasteiger partial charge in [-0.25, -0.2) is 4.98 Å². The lowest BCUT2D eigenvalue weighted by molar-refractivity contribution is -0.916. The Kier molecular flexibility index (Phi) is 6.57. The molecule has 1 N–H and O–H groups in total. The number of fused-ring (bicyclic) bond motifs is 1. The minimum Gasteiger partial charge on any atom is -0.496 e. The SMILES string of the molecule is COc1ccc2ccccc2c1C[NH+]1CC(Sc2nccn2C)CC1C(=O)N1CCOCC1. The summed E-state index contributed by atoms with van der Waals surface area (Å²) >= 11 is 1.78. The second-order valence-electron chi connectivity index (χ2n) is 8.79. The highest BCUT2D eigenvalue weighted by Gasteiger charge is 2.44. The predicted molar refractivity (Wildman–Crippen MR) is 129 cm³/mol. The third-order valence-corrected chi connectivity index (χ3v) is 8.07. The second kappa shape index (κ2) is 9.75. The van der Waals surface area contributed by atoms with Crippen molar-refractivity contribution in [3.63, 3.8) is 0 Å². The van der Waals surface area contributed by atoms with E-state index in [4.69, 9.17) is 9.47 Å². The topological polar surface area (TPSA) is 61.0 Å². The molecule has 0 radical (unpaired) electrons. The summed E-state index contributed by atoms with van der Waals surface area (Å²) in [5, 5.41) is 3.72. The first-order valence-electron chi connectivity index (χ1n) is 11.5. The number of amides is 1. The Bertz CT molecular complexity index is 1130. The van der Waals surface area contributed by atoms with E-state index in [9.17, 15) is 4.79 Å². The van der Waals surface area contributed by atoms with Gasteiger partial charge in [-0.3, -0.25) is 4.79 Å². The number of imidazole rings is 1. The Morgan fingerprint density at radius 2 is 2.06 bits per heavy atom. The number of hydrogen-bond donors (Lipinski definition) is 1. The van der Waals surface area contributed by atoms with Crippen LogP contribution in [-0.2, 0) is 23.1 Å². The molecular weight excluding hydrogens is 436 g/mol. The van der Waals surface area contributed by atoms with Crippen LogP contribution in [0.1, 0.15) is 12.0 Å². The number of aromatic nitrogens is 2. The average molecular weight is 468 g/mol. The molecule has 5 rings (SSSR count). The summed E-state index contributed by atoms with van der Waals surface area (Å²) in [6, 6.07) is 12.5. The van der Waals surface area contributed by atoms with Crippen molar-refractivity contribution in [1.29, 1.82) is 0 Å². The average Bonchev–Trinajstić information content (AvgIpc) is 3.45. The zero-order chi connectivity index (χ0) is 22.8. The maximum Gasteiger partial charge on any atom is 0.281 e. The summed E-state index contributed by atoms with van der Waals surface area (Å²) in [4.78, 5) is 21.4. The number of methoxy groups -OCH3 is 1. The van der Waals surface area contributed by atoms with Crippen molar-refractivity contribution >= 4 is 28.4 Å². The lowest BCUT2D eigenvalue weighted by Crippen LogP contribution is -3.14. The molecule has 33 heavy (non-hydrogen) atoms. The molecule has 0 spiro atoms. The number of thioether (sulfide) groups is 1. The van der Waals surface area contributed by atoms with Gasteiger partial charge in [-0.05, 0) is 16.8 Å². The van der Waals surface area contributed by atoms with Gasteiger partial charge in [0.1, 0.15) is 12.3 Å². The van der Waals surface area contributed by atoms with Gasteiger partial charge in [0.25, 0.3) is 5.91 Å². The molecule has 7 nitrogen and oxygen atoms in total. The fourth-order valence-electron chi connectivity index (χ4n) is 5.04. The van der Waals surface area contributed by atoms with E-state index in [1.165, 1.54) is 21.2 Å². The van der Waals surface area contributed by atoms with Crippen LogP contribution in [0.25, 0.3) is 10.8 Å². The minimum atomic E-state index is -0.0791. The van der Waals surface area contributed by atoms with Crippen LogP contribution in [0, 0.1) is 0 Å². The van der Waals surface area contributed by atoms with Crippen LogP contribution in [0.2, 0.25) is 0 Å². The van der Waals surface area contributed by atoms with Gasteiger partial charge in [-0.1, -0.05) is 42.1 Å². The highest BCUT2D eigenvalue weighted by atomic mass is 32.2. The Morgan fingerprint density at radius 3 is 2.82 bits per heavy atom. The molecule has 0 saturated carbocycles. The summed E-state index contributed by atoms with van der Waals surface area (Å²) in [6.45, 7) is 4.26. The fourth-order valence-corrected chi connectivity index (χ4v) is 6.28. The molecule has 0 bridgehead atoms. The quantitative estimate of drug-likeness (QED) is 0.599. The summed E-state index contributed by atoms with van der Waals surface area (Å²) in [5.41, 5.74) is 1.17. The summed E-state index contributed by atoms with van der Waals surface area (Å²) in [5.74, 6) is 1.13. The molecule has 2 aromatic carbocycles. The zero-order valence-corrected chi connectivity index (χ0v) is 20.0. The van der Waals surface area contributed by atoms with E-state index in [2.05, 4.69) is 39.9 Å². The van der Waals surface area contributed by atoms with Gasteiger partial charge in [-0.2, -0.15) is 0 Å². The molecule has 3 unspecified atom stereocenters. The Hall–Kier alpha value is -2.55. The molecule has 0 aliphatic carbocycles. The number of quaternary nitrogens is 1. The highest BCUT2D eigenvalue weighted by molar-refractivity contribution is 7.99. The molecule has 174 valence electrons. The lowest BCUT2D eigenvalue weighted by Gasteiger charge is -2.31. The number of nitrogens with zero attached hydrogens (tertiary/aromatic N) is 3. The molecule has 2 fully saturated rings. The normalized spacial score (nSPS) is 23.2. The summed E-state index contributed by atoms with van der Waals surface area (Å²) in [7, 11) is 3.75. The molecule has 1 aromatic heterocycles. The molecule has 3 heterocycles. The van der Waals surface area contributed by atoms with Gasteiger partial charge in [0.15, 0.2) is 11.2 Å². The largest absolute Gasteiger partial charge is 0.496 e. The van der Waals surface area contributed by atoms with Crippen molar-refractivity contribution in [3.8, 4) is 5.75 Å². The Balaban J connectivity index is 1.44. The second-order valence-corrected chi connectivity index (χ2v) is 10.1. The number of morpholine rings is 1. The van der Waals surface area contributed by atoms with Crippen molar-refractivity contribution < 1.29 is 19.2 Å². The highest BCUT2D eigenvalue weighted by Crippen LogP contribution is 2.30. The number of likely N-dealkylation sites (tertiary alicyclic amines) is 1. The molecule has 1 amide bonds. The number of carbonyl (C=O) groups is 1. The predicted octanol–water partition coefficient (Wildman–Crippen LogP) is 1.76. The van der Waals surface area contributed by atoms with E-state index in [0.29, 0.717) is 31.6 Å². The first-order chi connectivity index (χ1) is 16.1. The van der Waals surface area contributed by atoms with E-state index in [1.807, 2.05) is 30.4 Å². The first-order valence-corrected chi connectivity index (χ1v) is 12.4. The molecule has 2 aliphatic rings. The van der Waals surface area contributed by atoms with Gasteiger partial charge < -0.3 is 23.8 Å². The Morgan fingerprint density at radius 1 is 1.24 bits per heavy atom. The molecule has 2 aliphatic heterocycles. The van der Waals surface area contributed by atoms with E-state index in [1.54, 1.807) is 18.9 Å². The summed E-state index contributed by atoms with van der Waals surface area (Å²) in [6.07, 6.45) is 4.65. The van der Waals surface area contributed by atoms with Crippen LogP contribution in [-0.4, -0.2) is 71.6 Å². The van der Waals surface area contributed by atoms with Crippen LogP contribution in [0.3, 0.4) is 0 Å².